The van der Waals surface area contributed by atoms with Crippen LogP contribution in [0.1, 0.15) is 23.1 Å². The van der Waals surface area contributed by atoms with Gasteiger partial charge in [-0.25, -0.2) is 14.4 Å². The molecule has 4 rings (SSSR count). The van der Waals surface area contributed by atoms with Gasteiger partial charge in [0.15, 0.2) is 11.5 Å². The number of anilines is 2. The molecule has 10 heteroatoms. The summed E-state index contributed by atoms with van der Waals surface area (Å²) in [5.41, 5.74) is 2.56. The average molecular weight is 441 g/mol. The number of aryl methyl sites for hydroxylation is 1. The van der Waals surface area contributed by atoms with Crippen molar-refractivity contribution in [1.82, 2.24) is 19.7 Å². The molecule has 1 atom stereocenters. The Morgan fingerprint density at radius 2 is 2.10 bits per heavy atom. The van der Waals surface area contributed by atoms with Gasteiger partial charge in [-0.1, -0.05) is 0 Å². The molecular formula is C19H23Cl2FN6O. The third-order valence-electron chi connectivity index (χ3n) is 4.60. The normalized spacial score (nSPS) is 16.1. The van der Waals surface area contributed by atoms with E-state index in [1.54, 1.807) is 36.0 Å². The molecule has 1 aliphatic heterocycles. The molecule has 2 N–H and O–H groups in total. The van der Waals surface area contributed by atoms with Gasteiger partial charge in [-0.2, -0.15) is 0 Å². The number of nitrogens with zero attached hydrogens (tertiary/aromatic N) is 4. The third kappa shape index (κ3) is 4.95. The lowest BCUT2D eigenvalue weighted by Crippen LogP contribution is -2.49. The van der Waals surface area contributed by atoms with Crippen molar-refractivity contribution in [2.75, 3.05) is 29.9 Å². The van der Waals surface area contributed by atoms with E-state index in [0.717, 1.165) is 25.3 Å². The monoisotopic (exact) mass is 440 g/mol. The smallest absolute Gasteiger partial charge is 0.274 e. The Hall–Kier alpha value is -2.42. The number of amides is 1. The van der Waals surface area contributed by atoms with Crippen LogP contribution >= 0.6 is 24.8 Å². The fourth-order valence-electron chi connectivity index (χ4n) is 3.32. The first-order valence-corrected chi connectivity index (χ1v) is 8.90. The van der Waals surface area contributed by atoms with E-state index in [1.165, 1.54) is 6.07 Å². The van der Waals surface area contributed by atoms with Gasteiger partial charge in [-0.15, -0.1) is 24.8 Å². The maximum absolute atomic E-state index is 14.1. The van der Waals surface area contributed by atoms with Gasteiger partial charge < -0.3 is 19.9 Å². The second-order valence-corrected chi connectivity index (χ2v) is 6.85. The summed E-state index contributed by atoms with van der Waals surface area (Å²) in [7, 11) is 0. The number of carbonyl (C=O) groups is 1. The maximum Gasteiger partial charge on any atom is 0.274 e. The lowest BCUT2D eigenvalue weighted by atomic mass is 10.2. The Bertz CT molecular complexity index is 994. The molecule has 1 fully saturated rings. The van der Waals surface area contributed by atoms with E-state index in [1.807, 2.05) is 6.07 Å². The van der Waals surface area contributed by atoms with Crippen LogP contribution in [0.5, 0.6) is 0 Å². The second kappa shape index (κ2) is 9.39. The molecule has 0 saturated carbocycles. The molecule has 0 radical (unpaired) electrons. The molecule has 4 heterocycles. The molecule has 29 heavy (non-hydrogen) atoms. The van der Waals surface area contributed by atoms with Crippen LogP contribution in [0.15, 0.2) is 36.8 Å². The van der Waals surface area contributed by atoms with Crippen LogP contribution in [0, 0.1) is 12.7 Å². The number of aromatic nitrogens is 3. The summed E-state index contributed by atoms with van der Waals surface area (Å²) < 4.78 is 15.7. The van der Waals surface area contributed by atoms with Crippen LogP contribution in [0.2, 0.25) is 0 Å². The molecule has 3 aromatic heterocycles. The van der Waals surface area contributed by atoms with E-state index in [-0.39, 0.29) is 42.1 Å². The average Bonchev–Trinajstić information content (AvgIpc) is 3.03. The highest BCUT2D eigenvalue weighted by Crippen LogP contribution is 2.18. The number of halogens is 3. The maximum atomic E-state index is 14.1. The highest BCUT2D eigenvalue weighted by Gasteiger charge is 2.17. The first kappa shape index (κ1) is 22.9. The molecule has 1 unspecified atom stereocenters. The number of piperazine rings is 1. The fraction of sp³-hybridized carbons (Fsp3) is 0.316. The Kier molecular flexibility index (Phi) is 7.40. The largest absolute Gasteiger partial charge is 0.367 e. The van der Waals surface area contributed by atoms with Crippen LogP contribution < -0.4 is 15.5 Å². The van der Waals surface area contributed by atoms with Gasteiger partial charge in [-0.3, -0.25) is 4.79 Å². The summed E-state index contributed by atoms with van der Waals surface area (Å²) in [6.45, 7) is 6.65. The molecule has 1 amide bonds. The number of carbonyl (C=O) groups excluding carboxylic acids is 1. The van der Waals surface area contributed by atoms with E-state index in [4.69, 9.17) is 0 Å². The zero-order valence-electron chi connectivity index (χ0n) is 16.1. The molecule has 1 aliphatic rings. The quantitative estimate of drug-likeness (QED) is 0.654. The van der Waals surface area contributed by atoms with Crippen LogP contribution in [-0.2, 0) is 0 Å². The summed E-state index contributed by atoms with van der Waals surface area (Å²) in [4.78, 5) is 23.1. The predicted octanol–water partition coefficient (Wildman–Crippen LogP) is 3.07. The number of rotatable bonds is 3. The van der Waals surface area contributed by atoms with Crippen molar-refractivity contribution in [3.05, 3.63) is 54.0 Å². The highest BCUT2D eigenvalue weighted by molar-refractivity contribution is 6.03. The highest BCUT2D eigenvalue weighted by atomic mass is 35.5. The van der Waals surface area contributed by atoms with E-state index in [2.05, 4.69) is 32.4 Å². The van der Waals surface area contributed by atoms with Gasteiger partial charge in [0.1, 0.15) is 5.69 Å². The number of hydrogen-bond donors (Lipinski definition) is 2. The van der Waals surface area contributed by atoms with Crippen LogP contribution in [-0.4, -0.2) is 46.0 Å². The zero-order valence-corrected chi connectivity index (χ0v) is 17.7. The minimum absolute atomic E-state index is 0. The summed E-state index contributed by atoms with van der Waals surface area (Å²) in [6, 6.07) is 5.26. The Labute approximate surface area is 180 Å². The van der Waals surface area contributed by atoms with Gasteiger partial charge in [0.25, 0.3) is 5.91 Å². The second-order valence-electron chi connectivity index (χ2n) is 6.85. The van der Waals surface area contributed by atoms with Crippen molar-refractivity contribution in [1.29, 1.82) is 0 Å². The van der Waals surface area contributed by atoms with Gasteiger partial charge in [0.05, 0.1) is 23.3 Å². The first-order valence-electron chi connectivity index (χ1n) is 8.90. The van der Waals surface area contributed by atoms with Crippen molar-refractivity contribution >= 4 is 47.7 Å². The van der Waals surface area contributed by atoms with Crippen LogP contribution in [0.25, 0.3) is 5.65 Å². The Balaban J connectivity index is 0.00000150. The number of imidazole rings is 1. The van der Waals surface area contributed by atoms with Gasteiger partial charge in [-0.05, 0) is 26.0 Å². The molecule has 0 bridgehead atoms. The lowest BCUT2D eigenvalue weighted by Gasteiger charge is -2.33. The summed E-state index contributed by atoms with van der Waals surface area (Å²) in [5, 5.41) is 6.09. The molecule has 0 aromatic carbocycles. The SMILES string of the molecule is Cc1cn2cc(NC(=O)c3ccc(N4CCNC(C)C4)cn3)cc(F)c2n1.Cl.Cl. The zero-order chi connectivity index (χ0) is 19.0. The van der Waals surface area contributed by atoms with Crippen molar-refractivity contribution in [3.63, 3.8) is 0 Å². The van der Waals surface area contributed by atoms with E-state index in [9.17, 15) is 9.18 Å². The van der Waals surface area contributed by atoms with Gasteiger partial charge >= 0.3 is 0 Å². The summed E-state index contributed by atoms with van der Waals surface area (Å²) >= 11 is 0. The van der Waals surface area contributed by atoms with E-state index >= 15 is 0 Å². The Morgan fingerprint density at radius 1 is 1.31 bits per heavy atom. The van der Waals surface area contributed by atoms with Crippen LogP contribution in [0.4, 0.5) is 15.8 Å². The predicted molar refractivity (Wildman–Crippen MR) is 116 cm³/mol. The third-order valence-corrected chi connectivity index (χ3v) is 4.60. The van der Waals surface area contributed by atoms with Crippen molar-refractivity contribution in [3.8, 4) is 0 Å². The van der Waals surface area contributed by atoms with E-state index in [0.29, 0.717) is 17.4 Å². The molecule has 3 aromatic rings. The first-order chi connectivity index (χ1) is 13.0. The number of hydrogen-bond acceptors (Lipinski definition) is 5. The number of fused-ring (bicyclic) bond motifs is 1. The Morgan fingerprint density at radius 3 is 2.79 bits per heavy atom. The van der Waals surface area contributed by atoms with Gasteiger partial charge in [0.2, 0.25) is 0 Å². The van der Waals surface area contributed by atoms with Crippen molar-refractivity contribution < 1.29 is 9.18 Å². The topological polar surface area (TPSA) is 74.6 Å². The van der Waals surface area contributed by atoms with Crippen molar-refractivity contribution in [2.24, 2.45) is 0 Å². The number of nitrogens with one attached hydrogen (secondary N) is 2. The minimum atomic E-state index is -0.489. The molecular weight excluding hydrogens is 418 g/mol. The van der Waals surface area contributed by atoms with Crippen LogP contribution in [0.3, 0.4) is 0 Å². The molecule has 0 spiro atoms. The molecule has 7 nitrogen and oxygen atoms in total. The minimum Gasteiger partial charge on any atom is -0.367 e. The molecule has 0 aliphatic carbocycles. The molecule has 156 valence electrons. The van der Waals surface area contributed by atoms with Crippen molar-refractivity contribution in [2.45, 2.75) is 19.9 Å². The number of pyridine rings is 2. The summed E-state index contributed by atoms with van der Waals surface area (Å²) in [5.74, 6) is -0.872. The standard InChI is InChI=1S/C19H21FN6O.2ClH/c1-12-9-25(6-5-21-12)15-3-4-17(22-8-15)19(27)24-14-7-16(20)18-23-13(2)10-26(18)11-14;;/h3-4,7-8,10-12,21H,5-6,9H2,1-2H3,(H,24,27);2*1H. The fourth-order valence-corrected chi connectivity index (χ4v) is 3.32. The summed E-state index contributed by atoms with van der Waals surface area (Å²) in [6.07, 6.45) is 5.04. The van der Waals surface area contributed by atoms with E-state index < -0.39 is 5.82 Å². The molecule has 1 saturated heterocycles. The lowest BCUT2D eigenvalue weighted by molar-refractivity contribution is 0.102. The van der Waals surface area contributed by atoms with Gasteiger partial charge in [0, 0.05) is 44.1 Å².